The van der Waals surface area contributed by atoms with Crippen molar-refractivity contribution in [2.75, 3.05) is 13.2 Å². The Bertz CT molecular complexity index is 2470. The van der Waals surface area contributed by atoms with Crippen molar-refractivity contribution in [3.05, 3.63) is 112 Å². The van der Waals surface area contributed by atoms with E-state index in [-0.39, 0.29) is 35.8 Å². The van der Waals surface area contributed by atoms with E-state index in [2.05, 4.69) is 13.2 Å². The van der Waals surface area contributed by atoms with E-state index in [1.807, 2.05) is 12.1 Å². The minimum Gasteiger partial charge on any atom is -0.462 e. The zero-order valence-electron chi connectivity index (χ0n) is 35.2. The number of esters is 5. The van der Waals surface area contributed by atoms with Gasteiger partial charge in [-0.15, -0.1) is 0 Å². The number of rotatable bonds is 17. The molecule has 0 spiro atoms. The highest BCUT2D eigenvalue weighted by molar-refractivity contribution is 8.24. The summed E-state index contributed by atoms with van der Waals surface area (Å²) >= 11 is 2.12. The second kappa shape index (κ2) is 22.7. The van der Waals surface area contributed by atoms with E-state index in [4.69, 9.17) is 23.7 Å². The SMILES string of the molecule is C=CC(=O)OCCc1ccc(OC(=O)C2CCC(C(=O)Oc3ccc(OC(=O)C4CCC(C(=O)C(=O)c5ccc(CCOC(=O)C=C)cc5)CC4)c4c3SC(=C(C#N)C#N)S4)CC2)cc1. The normalized spacial score (nSPS) is 18.6. The van der Waals surface area contributed by atoms with E-state index >= 15 is 0 Å². The van der Waals surface area contributed by atoms with Gasteiger partial charge in [-0.2, -0.15) is 10.5 Å². The summed E-state index contributed by atoms with van der Waals surface area (Å²) in [6.07, 6.45) is 5.92. The van der Waals surface area contributed by atoms with E-state index in [9.17, 15) is 44.1 Å². The summed E-state index contributed by atoms with van der Waals surface area (Å²) in [5, 5.41) is 19.2. The Morgan fingerprint density at radius 1 is 0.569 bits per heavy atom. The Morgan fingerprint density at radius 3 is 1.38 bits per heavy atom. The van der Waals surface area contributed by atoms with E-state index in [0.717, 1.165) is 46.8 Å². The monoisotopic (exact) mass is 916 g/mol. The van der Waals surface area contributed by atoms with Gasteiger partial charge >= 0.3 is 29.8 Å². The maximum Gasteiger partial charge on any atom is 0.330 e. The van der Waals surface area contributed by atoms with Crippen LogP contribution in [0, 0.1) is 46.3 Å². The number of benzene rings is 3. The Morgan fingerprint density at radius 2 is 0.969 bits per heavy atom. The van der Waals surface area contributed by atoms with Gasteiger partial charge in [0, 0.05) is 36.5 Å². The number of allylic oxidation sites excluding steroid dienone is 1. The Kier molecular flexibility index (Phi) is 16.7. The van der Waals surface area contributed by atoms with Crippen LogP contribution in [0.25, 0.3) is 0 Å². The molecule has 1 heterocycles. The predicted molar refractivity (Wildman–Crippen MR) is 236 cm³/mol. The molecule has 0 unspecified atom stereocenters. The average Bonchev–Trinajstić information content (AvgIpc) is 3.79. The summed E-state index contributed by atoms with van der Waals surface area (Å²) < 4.78 is 27.7. The molecule has 0 amide bonds. The molecular formula is C49H44N2O12S2. The Balaban J connectivity index is 1.01. The highest BCUT2D eigenvalue weighted by Crippen LogP contribution is 2.59. The number of nitrogens with zero attached hydrogens (tertiary/aromatic N) is 2. The first-order valence-corrected chi connectivity index (χ1v) is 22.6. The highest BCUT2D eigenvalue weighted by Gasteiger charge is 2.37. The number of fused-ring (bicyclic) bond motifs is 1. The molecule has 0 aromatic heterocycles. The molecule has 0 bridgehead atoms. The molecule has 0 atom stereocenters. The number of carbonyl (C=O) groups is 7. The molecule has 0 saturated heterocycles. The minimum atomic E-state index is -0.611. The van der Waals surface area contributed by atoms with Gasteiger partial charge < -0.3 is 23.7 Å². The van der Waals surface area contributed by atoms with Crippen LogP contribution in [0.2, 0.25) is 0 Å². The number of hydrogen-bond donors (Lipinski definition) is 0. The van der Waals surface area contributed by atoms with Gasteiger partial charge in [-0.3, -0.25) is 24.0 Å². The van der Waals surface area contributed by atoms with Crippen LogP contribution >= 0.6 is 23.5 Å². The van der Waals surface area contributed by atoms with Crippen molar-refractivity contribution in [2.45, 2.75) is 74.0 Å². The number of ether oxygens (including phenoxy) is 5. The molecule has 334 valence electrons. The Hall–Kier alpha value is -6.75. The van der Waals surface area contributed by atoms with Crippen molar-refractivity contribution in [3.8, 4) is 29.4 Å². The second-order valence-electron chi connectivity index (χ2n) is 15.4. The van der Waals surface area contributed by atoms with Gasteiger partial charge in [-0.1, -0.05) is 73.1 Å². The fourth-order valence-corrected chi connectivity index (χ4v) is 10.1. The zero-order valence-corrected chi connectivity index (χ0v) is 36.9. The molecule has 3 aromatic rings. The van der Waals surface area contributed by atoms with Gasteiger partial charge in [-0.25, -0.2) is 9.59 Å². The van der Waals surface area contributed by atoms with Gasteiger partial charge in [0.25, 0.3) is 0 Å². The maximum atomic E-state index is 13.5. The van der Waals surface area contributed by atoms with Crippen LogP contribution in [0.1, 0.15) is 72.9 Å². The zero-order chi connectivity index (χ0) is 46.5. The van der Waals surface area contributed by atoms with Crippen LogP contribution < -0.4 is 14.2 Å². The largest absolute Gasteiger partial charge is 0.462 e. The van der Waals surface area contributed by atoms with E-state index in [0.29, 0.717) is 84.0 Å². The summed E-state index contributed by atoms with van der Waals surface area (Å²) in [4.78, 5) is 89.7. The molecule has 6 rings (SSSR count). The highest BCUT2D eigenvalue weighted by atomic mass is 32.2. The molecule has 14 nitrogen and oxygen atoms in total. The first kappa shape index (κ1) is 47.7. The van der Waals surface area contributed by atoms with Crippen molar-refractivity contribution >= 4 is 64.9 Å². The minimum absolute atomic E-state index is 0.150. The number of hydrogen-bond acceptors (Lipinski definition) is 16. The second-order valence-corrected chi connectivity index (χ2v) is 17.7. The number of Topliss-reactive ketones (excluding diaryl/α,β-unsaturated/α-hetero) is 2. The fourth-order valence-electron chi connectivity index (χ4n) is 7.58. The van der Waals surface area contributed by atoms with Crippen LogP contribution in [0.4, 0.5) is 0 Å². The summed E-state index contributed by atoms with van der Waals surface area (Å²) in [5.74, 6) is -4.93. The number of carbonyl (C=O) groups excluding carboxylic acids is 7. The smallest absolute Gasteiger partial charge is 0.330 e. The lowest BCUT2D eigenvalue weighted by atomic mass is 9.78. The van der Waals surface area contributed by atoms with Crippen molar-refractivity contribution < 1.29 is 57.2 Å². The third-order valence-corrected chi connectivity index (χ3v) is 13.9. The van der Waals surface area contributed by atoms with Gasteiger partial charge in [0.1, 0.15) is 35.0 Å². The molecule has 2 saturated carbocycles. The van der Waals surface area contributed by atoms with E-state index < -0.39 is 65.1 Å². The summed E-state index contributed by atoms with van der Waals surface area (Å²) in [7, 11) is 0. The molecule has 16 heteroatoms. The van der Waals surface area contributed by atoms with Gasteiger partial charge in [0.2, 0.25) is 11.6 Å². The topological polar surface area (TPSA) is 213 Å². The number of thioether (sulfide) groups is 2. The predicted octanol–water partition coefficient (Wildman–Crippen LogP) is 8.17. The average molecular weight is 917 g/mol. The first-order chi connectivity index (χ1) is 31.4. The maximum absolute atomic E-state index is 13.5. The van der Waals surface area contributed by atoms with Crippen molar-refractivity contribution in [1.29, 1.82) is 10.5 Å². The molecular weight excluding hydrogens is 873 g/mol. The van der Waals surface area contributed by atoms with Crippen molar-refractivity contribution in [3.63, 3.8) is 0 Å². The summed E-state index contributed by atoms with van der Waals surface area (Å²) in [5.41, 5.74) is 1.82. The first-order valence-electron chi connectivity index (χ1n) is 21.0. The lowest BCUT2D eigenvalue weighted by Crippen LogP contribution is -2.31. The lowest BCUT2D eigenvalue weighted by molar-refractivity contribution is -0.145. The van der Waals surface area contributed by atoms with E-state index in [1.54, 1.807) is 48.5 Å². The third-order valence-electron chi connectivity index (χ3n) is 11.3. The van der Waals surface area contributed by atoms with Crippen LogP contribution in [0.15, 0.2) is 106 Å². The molecule has 1 aliphatic heterocycles. The molecule has 3 aromatic carbocycles. The summed E-state index contributed by atoms with van der Waals surface area (Å²) in [6.45, 7) is 7.06. The van der Waals surface area contributed by atoms with Crippen LogP contribution in [0.5, 0.6) is 17.2 Å². The molecule has 0 radical (unpaired) electrons. The van der Waals surface area contributed by atoms with Crippen LogP contribution in [-0.2, 0) is 51.1 Å². The molecule has 2 aliphatic carbocycles. The molecule has 3 aliphatic rings. The van der Waals surface area contributed by atoms with Crippen molar-refractivity contribution in [2.24, 2.45) is 23.7 Å². The quantitative estimate of drug-likeness (QED) is 0.0312. The Labute approximate surface area is 384 Å². The van der Waals surface area contributed by atoms with Crippen LogP contribution in [-0.4, -0.2) is 54.6 Å². The number of nitriles is 2. The van der Waals surface area contributed by atoms with Gasteiger partial charge in [-0.05, 0) is 86.8 Å². The molecule has 2 fully saturated rings. The van der Waals surface area contributed by atoms with Crippen LogP contribution in [0.3, 0.4) is 0 Å². The lowest BCUT2D eigenvalue weighted by Gasteiger charge is -2.26. The van der Waals surface area contributed by atoms with Gasteiger partial charge in [0.05, 0.1) is 45.0 Å². The van der Waals surface area contributed by atoms with Crippen molar-refractivity contribution in [1.82, 2.24) is 0 Å². The van der Waals surface area contributed by atoms with Gasteiger partial charge in [0.15, 0.2) is 0 Å². The molecule has 0 N–H and O–H groups in total. The number of ketones is 2. The third kappa shape index (κ3) is 12.5. The fraction of sp³-hybridized carbons (Fsp3) is 0.327. The standard InChI is InChI=1S/C49H44N2O12S2/c1-3-40(52)59-25-23-29-5-9-31(10-6-29)42(54)43(55)32-11-13-34(14-12-32)47(57)62-38-21-22-39(45-44(38)64-49(65-45)36(27-50)28-51)63-48(58)35-17-15-33(16-18-35)46(56)61-37-19-7-30(8-20-37)24-26-60-41(53)4-2/h3-10,19-22,32-35H,1-2,11-18,23-26H2. The summed E-state index contributed by atoms with van der Waals surface area (Å²) in [6, 6.07) is 20.2. The molecule has 65 heavy (non-hydrogen) atoms. The van der Waals surface area contributed by atoms with E-state index in [1.165, 1.54) is 12.1 Å².